The minimum absolute atomic E-state index is 0.327. The molecule has 25 heavy (non-hydrogen) atoms. The van der Waals surface area contributed by atoms with Crippen LogP contribution in [0.2, 0.25) is 0 Å². The monoisotopic (exact) mass is 338 g/mol. The first-order chi connectivity index (χ1) is 12.3. The van der Waals surface area contributed by atoms with E-state index in [-0.39, 0.29) is 0 Å². The summed E-state index contributed by atoms with van der Waals surface area (Å²) in [6, 6.07) is 11.0. The molecule has 0 aromatic carbocycles. The Bertz CT molecular complexity index is 693. The minimum atomic E-state index is 0.327. The van der Waals surface area contributed by atoms with Crippen molar-refractivity contribution in [3.8, 4) is 0 Å². The Labute approximate surface area is 149 Å². The van der Waals surface area contributed by atoms with E-state index in [0.29, 0.717) is 18.8 Å². The Hall–Kier alpha value is -1.82. The molecule has 0 unspecified atom stereocenters. The summed E-state index contributed by atoms with van der Waals surface area (Å²) < 4.78 is 6.16. The minimum Gasteiger partial charge on any atom is -0.371 e. The van der Waals surface area contributed by atoms with Crippen molar-refractivity contribution >= 4 is 0 Å². The lowest BCUT2D eigenvalue weighted by Crippen LogP contribution is -2.49. The lowest BCUT2D eigenvalue weighted by atomic mass is 10.1. The van der Waals surface area contributed by atoms with Crippen LogP contribution < -0.4 is 0 Å². The van der Waals surface area contributed by atoms with Gasteiger partial charge in [0.05, 0.1) is 18.4 Å². The summed E-state index contributed by atoms with van der Waals surface area (Å²) in [4.78, 5) is 13.8. The average Bonchev–Trinajstić information content (AvgIpc) is 3.03. The third-order valence-electron chi connectivity index (χ3n) is 5.23. The highest BCUT2D eigenvalue weighted by molar-refractivity contribution is 5.10. The molecule has 4 heterocycles. The van der Waals surface area contributed by atoms with Crippen molar-refractivity contribution in [1.29, 1.82) is 0 Å². The second-order valence-electron chi connectivity index (χ2n) is 7.18. The third kappa shape index (κ3) is 4.24. The van der Waals surface area contributed by atoms with E-state index in [4.69, 9.17) is 4.74 Å². The molecule has 132 valence electrons. The number of pyridine rings is 2. The normalized spacial score (nSPS) is 24.4. The molecule has 5 nitrogen and oxygen atoms in total. The van der Waals surface area contributed by atoms with E-state index in [2.05, 4.69) is 38.0 Å². The largest absolute Gasteiger partial charge is 0.371 e. The van der Waals surface area contributed by atoms with Crippen LogP contribution in [-0.4, -0.2) is 58.1 Å². The topological polar surface area (TPSA) is 41.5 Å². The van der Waals surface area contributed by atoms with Gasteiger partial charge in [0.1, 0.15) is 0 Å². The van der Waals surface area contributed by atoms with Crippen LogP contribution in [0.25, 0.3) is 0 Å². The highest BCUT2D eigenvalue weighted by Crippen LogP contribution is 2.25. The predicted octanol–water partition coefficient (Wildman–Crippen LogP) is 2.26. The Morgan fingerprint density at radius 3 is 2.84 bits per heavy atom. The van der Waals surface area contributed by atoms with Gasteiger partial charge in [0, 0.05) is 56.9 Å². The lowest BCUT2D eigenvalue weighted by Gasteiger charge is -2.37. The number of piperazine rings is 1. The summed E-state index contributed by atoms with van der Waals surface area (Å²) in [5.41, 5.74) is 3.43. The molecule has 2 aliphatic heterocycles. The first kappa shape index (κ1) is 16.6. The zero-order chi connectivity index (χ0) is 17.1. The number of fused-ring (bicyclic) bond motifs is 1. The summed E-state index contributed by atoms with van der Waals surface area (Å²) in [6.45, 7) is 8.11. The standard InChI is InChI=1S/C20H26N4O/c1-16-3-2-4-18(22-16)15-25-20-11-19-13-23(9-10-24(19)14-20)12-17-5-7-21-8-6-17/h2-8,19-20H,9-15H2,1H3/t19-,20+/m0/s1. The second-order valence-corrected chi connectivity index (χ2v) is 7.18. The maximum atomic E-state index is 6.16. The molecule has 0 aliphatic carbocycles. The van der Waals surface area contributed by atoms with Crippen LogP contribution in [0.15, 0.2) is 42.7 Å². The molecule has 0 bridgehead atoms. The van der Waals surface area contributed by atoms with E-state index in [1.165, 1.54) is 5.56 Å². The van der Waals surface area contributed by atoms with E-state index in [9.17, 15) is 0 Å². The fourth-order valence-corrected chi connectivity index (χ4v) is 3.95. The SMILES string of the molecule is Cc1cccc(CO[C@@H]2C[C@H]3CN(Cc4ccncc4)CCN3C2)n1. The number of aryl methyl sites for hydroxylation is 1. The quantitative estimate of drug-likeness (QED) is 0.836. The smallest absolute Gasteiger partial charge is 0.0892 e. The molecule has 0 radical (unpaired) electrons. The molecule has 2 saturated heterocycles. The Balaban J connectivity index is 1.28. The van der Waals surface area contributed by atoms with Gasteiger partial charge in [0.25, 0.3) is 0 Å². The summed E-state index contributed by atoms with van der Waals surface area (Å²) in [6.07, 6.45) is 5.21. The molecular formula is C20H26N4O. The van der Waals surface area contributed by atoms with Crippen molar-refractivity contribution < 1.29 is 4.74 Å². The highest BCUT2D eigenvalue weighted by atomic mass is 16.5. The molecule has 0 saturated carbocycles. The molecule has 2 atom stereocenters. The van der Waals surface area contributed by atoms with Crippen LogP contribution in [0.3, 0.4) is 0 Å². The molecule has 0 spiro atoms. The van der Waals surface area contributed by atoms with E-state index in [0.717, 1.165) is 50.5 Å². The molecule has 5 heteroatoms. The number of rotatable bonds is 5. The first-order valence-electron chi connectivity index (χ1n) is 9.16. The zero-order valence-corrected chi connectivity index (χ0v) is 14.8. The molecule has 4 rings (SSSR count). The number of ether oxygens (including phenoxy) is 1. The Morgan fingerprint density at radius 2 is 2.00 bits per heavy atom. The van der Waals surface area contributed by atoms with Gasteiger partial charge in [-0.3, -0.25) is 19.8 Å². The van der Waals surface area contributed by atoms with Crippen LogP contribution in [0.5, 0.6) is 0 Å². The van der Waals surface area contributed by atoms with Crippen molar-refractivity contribution in [3.05, 3.63) is 59.7 Å². The second kappa shape index (κ2) is 7.60. The van der Waals surface area contributed by atoms with E-state index < -0.39 is 0 Å². The van der Waals surface area contributed by atoms with Gasteiger partial charge in [-0.25, -0.2) is 0 Å². The highest BCUT2D eigenvalue weighted by Gasteiger charge is 2.36. The summed E-state index contributed by atoms with van der Waals surface area (Å²) in [5, 5.41) is 0. The molecule has 2 fully saturated rings. The van der Waals surface area contributed by atoms with E-state index >= 15 is 0 Å². The van der Waals surface area contributed by atoms with Crippen molar-refractivity contribution in [2.45, 2.75) is 38.6 Å². The number of hydrogen-bond donors (Lipinski definition) is 0. The Morgan fingerprint density at radius 1 is 1.12 bits per heavy atom. The average molecular weight is 338 g/mol. The fourth-order valence-electron chi connectivity index (χ4n) is 3.95. The molecule has 2 aromatic rings. The zero-order valence-electron chi connectivity index (χ0n) is 14.8. The molecular weight excluding hydrogens is 312 g/mol. The van der Waals surface area contributed by atoms with Gasteiger partial charge in [-0.2, -0.15) is 0 Å². The number of nitrogens with zero attached hydrogens (tertiary/aromatic N) is 4. The van der Waals surface area contributed by atoms with Gasteiger partial charge in [-0.05, 0) is 43.2 Å². The van der Waals surface area contributed by atoms with Crippen LogP contribution in [0.4, 0.5) is 0 Å². The van der Waals surface area contributed by atoms with Crippen LogP contribution in [0, 0.1) is 6.92 Å². The predicted molar refractivity (Wildman–Crippen MR) is 97.0 cm³/mol. The molecule has 0 amide bonds. The van der Waals surface area contributed by atoms with Crippen molar-refractivity contribution in [1.82, 2.24) is 19.8 Å². The summed E-state index contributed by atoms with van der Waals surface area (Å²) in [5.74, 6) is 0. The van der Waals surface area contributed by atoms with Gasteiger partial charge >= 0.3 is 0 Å². The van der Waals surface area contributed by atoms with Gasteiger partial charge in [0.15, 0.2) is 0 Å². The molecule has 2 aromatic heterocycles. The van der Waals surface area contributed by atoms with Crippen molar-refractivity contribution in [3.63, 3.8) is 0 Å². The van der Waals surface area contributed by atoms with Gasteiger partial charge < -0.3 is 4.74 Å². The van der Waals surface area contributed by atoms with Gasteiger partial charge in [-0.1, -0.05) is 6.07 Å². The number of aromatic nitrogens is 2. The van der Waals surface area contributed by atoms with Crippen LogP contribution in [-0.2, 0) is 17.9 Å². The first-order valence-corrected chi connectivity index (χ1v) is 9.16. The number of hydrogen-bond acceptors (Lipinski definition) is 5. The van der Waals surface area contributed by atoms with Crippen LogP contribution >= 0.6 is 0 Å². The summed E-state index contributed by atoms with van der Waals surface area (Å²) >= 11 is 0. The Kier molecular flexibility index (Phi) is 5.06. The van der Waals surface area contributed by atoms with E-state index in [1.54, 1.807) is 0 Å². The fraction of sp³-hybridized carbons (Fsp3) is 0.500. The lowest BCUT2D eigenvalue weighted by molar-refractivity contribution is 0.0439. The van der Waals surface area contributed by atoms with Gasteiger partial charge in [0.2, 0.25) is 0 Å². The van der Waals surface area contributed by atoms with Crippen molar-refractivity contribution in [2.24, 2.45) is 0 Å². The van der Waals surface area contributed by atoms with Crippen molar-refractivity contribution in [2.75, 3.05) is 26.2 Å². The van der Waals surface area contributed by atoms with Gasteiger partial charge in [-0.15, -0.1) is 0 Å². The third-order valence-corrected chi connectivity index (χ3v) is 5.23. The maximum Gasteiger partial charge on any atom is 0.0892 e. The van der Waals surface area contributed by atoms with E-state index in [1.807, 2.05) is 31.5 Å². The summed E-state index contributed by atoms with van der Waals surface area (Å²) in [7, 11) is 0. The maximum absolute atomic E-state index is 6.16. The molecule has 0 N–H and O–H groups in total. The molecule has 2 aliphatic rings. The van der Waals surface area contributed by atoms with Crippen LogP contribution in [0.1, 0.15) is 23.4 Å².